The number of ether oxygens (including phenoxy) is 4. The van der Waals surface area contributed by atoms with Gasteiger partial charge in [0.1, 0.15) is 24.9 Å². The van der Waals surface area contributed by atoms with E-state index in [-0.39, 0.29) is 18.3 Å². The molecule has 0 radical (unpaired) electrons. The molecule has 0 aromatic heterocycles. The van der Waals surface area contributed by atoms with Gasteiger partial charge in [0.25, 0.3) is 0 Å². The predicted octanol–water partition coefficient (Wildman–Crippen LogP) is 1.86. The summed E-state index contributed by atoms with van der Waals surface area (Å²) in [6.45, 7) is 5.98. The SMILES string of the molecule is CC1OC(=O)OC1C.CCC1COC(=O)O1. The average Bonchev–Trinajstić information content (AvgIpc) is 2.75. The van der Waals surface area contributed by atoms with Crippen molar-refractivity contribution in [3.63, 3.8) is 0 Å². The first kappa shape index (κ1) is 12.6. The average molecular weight is 232 g/mol. The van der Waals surface area contributed by atoms with E-state index in [9.17, 15) is 9.59 Å². The minimum Gasteiger partial charge on any atom is -0.430 e. The molecule has 2 fully saturated rings. The predicted molar refractivity (Wildman–Crippen MR) is 53.0 cm³/mol. The van der Waals surface area contributed by atoms with Gasteiger partial charge in [-0.05, 0) is 20.3 Å². The largest absolute Gasteiger partial charge is 0.509 e. The molecule has 0 amide bonds. The summed E-state index contributed by atoms with van der Waals surface area (Å²) < 4.78 is 18.4. The molecule has 0 N–H and O–H groups in total. The fourth-order valence-electron chi connectivity index (χ4n) is 1.09. The van der Waals surface area contributed by atoms with Crippen LogP contribution in [0.1, 0.15) is 27.2 Å². The van der Waals surface area contributed by atoms with Crippen molar-refractivity contribution >= 4 is 12.3 Å². The van der Waals surface area contributed by atoms with E-state index in [0.717, 1.165) is 6.42 Å². The van der Waals surface area contributed by atoms with Crippen molar-refractivity contribution in [2.24, 2.45) is 0 Å². The first-order valence-electron chi connectivity index (χ1n) is 5.23. The van der Waals surface area contributed by atoms with Gasteiger partial charge in [0.2, 0.25) is 0 Å². The lowest BCUT2D eigenvalue weighted by Crippen LogP contribution is -2.13. The van der Waals surface area contributed by atoms with Gasteiger partial charge in [0.15, 0.2) is 0 Å². The monoisotopic (exact) mass is 232 g/mol. The highest BCUT2D eigenvalue weighted by atomic mass is 16.8. The second-order valence-corrected chi connectivity index (χ2v) is 3.61. The van der Waals surface area contributed by atoms with Crippen molar-refractivity contribution in [1.82, 2.24) is 0 Å². The molecule has 0 bridgehead atoms. The number of carbonyl (C=O) groups is 2. The van der Waals surface area contributed by atoms with E-state index in [1.165, 1.54) is 0 Å². The zero-order valence-electron chi connectivity index (χ0n) is 9.60. The van der Waals surface area contributed by atoms with Crippen molar-refractivity contribution < 1.29 is 28.5 Å². The topological polar surface area (TPSA) is 71.1 Å². The number of hydrogen-bond donors (Lipinski definition) is 0. The standard InChI is InChI=1S/2C5H8O3/c1-3-4(2)8-5(6)7-3;1-2-4-3-7-5(6)8-4/h3-4H,1-2H3;4H,2-3H2,1H3. The summed E-state index contributed by atoms with van der Waals surface area (Å²) in [5.74, 6) is 0. The van der Waals surface area contributed by atoms with Crippen molar-refractivity contribution in [2.45, 2.75) is 45.5 Å². The number of carbonyl (C=O) groups excluding carboxylic acids is 2. The van der Waals surface area contributed by atoms with Crippen LogP contribution in [-0.2, 0) is 18.9 Å². The summed E-state index contributed by atoms with van der Waals surface area (Å²) in [6.07, 6.45) is -0.402. The molecule has 6 nitrogen and oxygen atoms in total. The molecule has 0 aromatic rings. The van der Waals surface area contributed by atoms with Crippen molar-refractivity contribution in [1.29, 1.82) is 0 Å². The molecule has 2 rings (SSSR count). The number of hydrogen-bond acceptors (Lipinski definition) is 6. The fourth-order valence-corrected chi connectivity index (χ4v) is 1.09. The highest BCUT2D eigenvalue weighted by molar-refractivity contribution is 5.62. The molecule has 3 atom stereocenters. The summed E-state index contributed by atoms with van der Waals surface area (Å²) in [4.78, 5) is 20.4. The molecule has 2 aliphatic rings. The van der Waals surface area contributed by atoms with Gasteiger partial charge < -0.3 is 18.9 Å². The van der Waals surface area contributed by atoms with Crippen molar-refractivity contribution in [3.05, 3.63) is 0 Å². The number of cyclic esters (lactones) is 4. The van der Waals surface area contributed by atoms with E-state index in [2.05, 4.69) is 18.9 Å². The van der Waals surface area contributed by atoms with Crippen molar-refractivity contribution in [2.75, 3.05) is 6.61 Å². The Balaban J connectivity index is 0.000000160. The third kappa shape index (κ3) is 3.60. The zero-order chi connectivity index (χ0) is 12.1. The Morgan fingerprint density at radius 3 is 1.81 bits per heavy atom. The molecular formula is C10H16O6. The maximum atomic E-state index is 10.2. The first-order chi connectivity index (χ1) is 7.52. The minimum atomic E-state index is -0.551. The van der Waals surface area contributed by atoms with Gasteiger partial charge in [-0.2, -0.15) is 0 Å². The summed E-state index contributed by atoms with van der Waals surface area (Å²) in [6, 6.07) is 0. The van der Waals surface area contributed by atoms with Crippen LogP contribution in [0.25, 0.3) is 0 Å². The van der Waals surface area contributed by atoms with Gasteiger partial charge >= 0.3 is 12.3 Å². The Hall–Kier alpha value is -1.46. The van der Waals surface area contributed by atoms with Crippen molar-refractivity contribution in [3.8, 4) is 0 Å². The Bertz CT molecular complexity index is 252. The summed E-state index contributed by atoms with van der Waals surface area (Å²) in [7, 11) is 0. The molecule has 16 heavy (non-hydrogen) atoms. The van der Waals surface area contributed by atoms with Crippen LogP contribution in [0.15, 0.2) is 0 Å². The second-order valence-electron chi connectivity index (χ2n) is 3.61. The molecule has 92 valence electrons. The van der Waals surface area contributed by atoms with Gasteiger partial charge in [-0.15, -0.1) is 0 Å². The maximum Gasteiger partial charge on any atom is 0.509 e. The fraction of sp³-hybridized carbons (Fsp3) is 0.800. The van der Waals surface area contributed by atoms with Crippen LogP contribution in [0, 0.1) is 0 Å². The lowest BCUT2D eigenvalue weighted by Gasteiger charge is -2.00. The molecule has 3 unspecified atom stereocenters. The molecule has 2 aliphatic heterocycles. The Morgan fingerprint density at radius 2 is 1.62 bits per heavy atom. The molecule has 0 saturated carbocycles. The lowest BCUT2D eigenvalue weighted by molar-refractivity contribution is 0.116. The van der Waals surface area contributed by atoms with Gasteiger partial charge in [-0.1, -0.05) is 6.92 Å². The highest BCUT2D eigenvalue weighted by Gasteiger charge is 2.28. The molecule has 0 aliphatic carbocycles. The quantitative estimate of drug-likeness (QED) is 0.642. The molecule has 2 saturated heterocycles. The van der Waals surface area contributed by atoms with Crippen LogP contribution in [-0.4, -0.2) is 37.2 Å². The summed E-state index contributed by atoms with van der Waals surface area (Å²) in [5, 5.41) is 0. The van der Waals surface area contributed by atoms with E-state index in [4.69, 9.17) is 0 Å². The minimum absolute atomic E-state index is 0.00231. The van der Waals surface area contributed by atoms with Crippen LogP contribution < -0.4 is 0 Å². The van der Waals surface area contributed by atoms with Gasteiger partial charge in [-0.25, -0.2) is 9.59 Å². The molecule has 6 heteroatoms. The normalized spacial score (nSPS) is 31.8. The lowest BCUT2D eigenvalue weighted by atomic mass is 10.3. The van der Waals surface area contributed by atoms with E-state index >= 15 is 0 Å². The van der Waals surface area contributed by atoms with Crippen LogP contribution in [0.3, 0.4) is 0 Å². The van der Waals surface area contributed by atoms with Gasteiger partial charge in [-0.3, -0.25) is 0 Å². The van der Waals surface area contributed by atoms with Crippen LogP contribution in [0.5, 0.6) is 0 Å². The van der Waals surface area contributed by atoms with E-state index in [0.29, 0.717) is 6.61 Å². The molecular weight excluding hydrogens is 216 g/mol. The van der Waals surface area contributed by atoms with Gasteiger partial charge in [0, 0.05) is 0 Å². The van der Waals surface area contributed by atoms with Crippen LogP contribution in [0.4, 0.5) is 9.59 Å². The van der Waals surface area contributed by atoms with Crippen LogP contribution >= 0.6 is 0 Å². The molecule has 0 spiro atoms. The highest BCUT2D eigenvalue weighted by Crippen LogP contribution is 2.12. The maximum absolute atomic E-state index is 10.2. The third-order valence-electron chi connectivity index (χ3n) is 2.33. The van der Waals surface area contributed by atoms with Crippen LogP contribution in [0.2, 0.25) is 0 Å². The molecule has 2 heterocycles. The molecule has 0 aromatic carbocycles. The van der Waals surface area contributed by atoms with Gasteiger partial charge in [0.05, 0.1) is 0 Å². The Kier molecular flexibility index (Phi) is 4.39. The van der Waals surface area contributed by atoms with E-state index in [1.54, 1.807) is 13.8 Å². The van der Waals surface area contributed by atoms with E-state index < -0.39 is 12.3 Å². The Morgan fingerprint density at radius 1 is 1.06 bits per heavy atom. The van der Waals surface area contributed by atoms with E-state index in [1.807, 2.05) is 6.92 Å². The first-order valence-corrected chi connectivity index (χ1v) is 5.23. The third-order valence-corrected chi connectivity index (χ3v) is 2.33. The Labute approximate surface area is 93.8 Å². The number of rotatable bonds is 1. The zero-order valence-corrected chi connectivity index (χ0v) is 9.60. The summed E-state index contributed by atoms with van der Waals surface area (Å²) >= 11 is 0. The summed E-state index contributed by atoms with van der Waals surface area (Å²) in [5.41, 5.74) is 0. The smallest absolute Gasteiger partial charge is 0.430 e. The second kappa shape index (κ2) is 5.58.